The Morgan fingerprint density at radius 1 is 1.60 bits per heavy atom. The van der Waals surface area contributed by atoms with Crippen molar-refractivity contribution in [1.29, 1.82) is 0 Å². The number of carbonyl (C=O) groups is 1. The van der Waals surface area contributed by atoms with Crippen molar-refractivity contribution in [3.05, 3.63) is 21.9 Å². The van der Waals surface area contributed by atoms with Gasteiger partial charge in [0.25, 0.3) is 0 Å². The van der Waals surface area contributed by atoms with E-state index in [1.165, 1.54) is 17.8 Å². The number of ketones is 1. The monoisotopic (exact) mass is 224 g/mol. The largest absolute Gasteiger partial charge is 0.378 e. The summed E-state index contributed by atoms with van der Waals surface area (Å²) in [7, 11) is 1.72. The molecular weight excluding hydrogens is 208 g/mol. The van der Waals surface area contributed by atoms with Gasteiger partial charge in [0.15, 0.2) is 5.78 Å². The first-order chi connectivity index (χ1) is 7.17. The summed E-state index contributed by atoms with van der Waals surface area (Å²) in [5, 5.41) is 1.98. The summed E-state index contributed by atoms with van der Waals surface area (Å²) in [4.78, 5) is 12.9. The Bertz CT molecular complexity index is 358. The molecule has 15 heavy (non-hydrogen) atoms. The van der Waals surface area contributed by atoms with E-state index in [4.69, 9.17) is 4.74 Å². The zero-order valence-corrected chi connectivity index (χ0v) is 10.0. The number of methoxy groups -OCH3 is 1. The molecule has 0 bridgehead atoms. The maximum atomic E-state index is 12.0. The van der Waals surface area contributed by atoms with E-state index in [0.29, 0.717) is 6.42 Å². The smallest absolute Gasteiger partial charge is 0.175 e. The first kappa shape index (κ1) is 10.8. The van der Waals surface area contributed by atoms with Gasteiger partial charge in [0.1, 0.15) is 0 Å². The molecule has 1 aliphatic rings. The highest BCUT2D eigenvalue weighted by Crippen LogP contribution is 2.39. The number of Topliss-reactive ketones (excluding diaryl/α,β-unsaturated/α-hetero) is 1. The van der Waals surface area contributed by atoms with E-state index in [-0.39, 0.29) is 11.4 Å². The molecule has 0 amide bonds. The lowest BCUT2D eigenvalue weighted by molar-refractivity contribution is -0.0704. The molecule has 0 aromatic carbocycles. The molecule has 3 heteroatoms. The zero-order chi connectivity index (χ0) is 10.9. The highest BCUT2D eigenvalue weighted by Gasteiger charge is 2.39. The van der Waals surface area contributed by atoms with E-state index in [1.54, 1.807) is 7.11 Å². The second kappa shape index (κ2) is 4.06. The minimum Gasteiger partial charge on any atom is -0.378 e. The third-order valence-electron chi connectivity index (χ3n) is 3.30. The van der Waals surface area contributed by atoms with Crippen LogP contribution < -0.4 is 0 Å². The fraction of sp³-hybridized carbons (Fsp3) is 0.583. The van der Waals surface area contributed by atoms with Crippen LogP contribution in [0.4, 0.5) is 0 Å². The number of hydrogen-bond acceptors (Lipinski definition) is 3. The quantitative estimate of drug-likeness (QED) is 0.734. The van der Waals surface area contributed by atoms with Gasteiger partial charge in [0.05, 0.1) is 10.5 Å². The van der Waals surface area contributed by atoms with Crippen molar-refractivity contribution in [2.75, 3.05) is 7.11 Å². The lowest BCUT2D eigenvalue weighted by Crippen LogP contribution is -2.41. The Morgan fingerprint density at radius 2 is 2.33 bits per heavy atom. The number of hydrogen-bond donors (Lipinski definition) is 0. The normalized spacial score (nSPS) is 18.5. The SMILES string of the molecule is COC1(CC(=O)c2sccc2C)CCC1. The summed E-state index contributed by atoms with van der Waals surface area (Å²) in [6.07, 6.45) is 3.79. The molecule has 1 aliphatic carbocycles. The fourth-order valence-corrected chi connectivity index (χ4v) is 2.92. The Hall–Kier alpha value is -0.670. The highest BCUT2D eigenvalue weighted by molar-refractivity contribution is 7.12. The van der Waals surface area contributed by atoms with Gasteiger partial charge >= 0.3 is 0 Å². The van der Waals surface area contributed by atoms with Crippen LogP contribution in [0.15, 0.2) is 11.4 Å². The van der Waals surface area contributed by atoms with E-state index >= 15 is 0 Å². The molecule has 2 nitrogen and oxygen atoms in total. The van der Waals surface area contributed by atoms with Crippen molar-refractivity contribution in [3.8, 4) is 0 Å². The summed E-state index contributed by atoms with van der Waals surface area (Å²) in [5.74, 6) is 0.240. The predicted octanol–water partition coefficient (Wildman–Crippen LogP) is 3.20. The molecule has 0 aliphatic heterocycles. The van der Waals surface area contributed by atoms with Gasteiger partial charge in [-0.2, -0.15) is 0 Å². The van der Waals surface area contributed by atoms with Gasteiger partial charge in [-0.15, -0.1) is 11.3 Å². The highest BCUT2D eigenvalue weighted by atomic mass is 32.1. The summed E-state index contributed by atoms with van der Waals surface area (Å²) >= 11 is 1.54. The van der Waals surface area contributed by atoms with Crippen molar-refractivity contribution < 1.29 is 9.53 Å². The molecular formula is C12H16O2S. The summed E-state index contributed by atoms with van der Waals surface area (Å²) in [6, 6.07) is 2.00. The molecule has 0 saturated heterocycles. The van der Waals surface area contributed by atoms with Crippen LogP contribution in [0.5, 0.6) is 0 Å². The summed E-state index contributed by atoms with van der Waals surface area (Å²) < 4.78 is 5.47. The van der Waals surface area contributed by atoms with Crippen LogP contribution >= 0.6 is 11.3 Å². The molecule has 0 unspecified atom stereocenters. The van der Waals surface area contributed by atoms with Crippen LogP contribution in [0.25, 0.3) is 0 Å². The van der Waals surface area contributed by atoms with Crippen molar-refractivity contribution in [1.82, 2.24) is 0 Å². The summed E-state index contributed by atoms with van der Waals surface area (Å²) in [6.45, 7) is 1.99. The van der Waals surface area contributed by atoms with E-state index in [0.717, 1.165) is 23.3 Å². The fourth-order valence-electron chi connectivity index (χ4n) is 2.06. The van der Waals surface area contributed by atoms with E-state index < -0.39 is 0 Å². The number of carbonyl (C=O) groups excluding carboxylic acids is 1. The van der Waals surface area contributed by atoms with Crippen molar-refractivity contribution in [2.24, 2.45) is 0 Å². The predicted molar refractivity (Wildman–Crippen MR) is 61.6 cm³/mol. The van der Waals surface area contributed by atoms with Crippen LogP contribution in [-0.2, 0) is 4.74 Å². The molecule has 0 spiro atoms. The second-order valence-electron chi connectivity index (χ2n) is 4.27. The second-order valence-corrected chi connectivity index (χ2v) is 5.19. The lowest BCUT2D eigenvalue weighted by atomic mass is 9.76. The molecule has 82 valence electrons. The molecule has 1 aromatic rings. The number of thiophene rings is 1. The van der Waals surface area contributed by atoms with Gasteiger partial charge in [-0.1, -0.05) is 0 Å². The van der Waals surface area contributed by atoms with Gasteiger partial charge in [-0.3, -0.25) is 4.79 Å². The van der Waals surface area contributed by atoms with Crippen LogP contribution in [-0.4, -0.2) is 18.5 Å². The number of aryl methyl sites for hydroxylation is 1. The zero-order valence-electron chi connectivity index (χ0n) is 9.21. The van der Waals surface area contributed by atoms with Crippen LogP contribution in [0, 0.1) is 6.92 Å². The van der Waals surface area contributed by atoms with Crippen LogP contribution in [0.2, 0.25) is 0 Å². The minimum atomic E-state index is -0.145. The van der Waals surface area contributed by atoms with E-state index in [2.05, 4.69) is 0 Å². The average molecular weight is 224 g/mol. The number of rotatable bonds is 4. The topological polar surface area (TPSA) is 26.3 Å². The molecule has 1 saturated carbocycles. The molecule has 1 fully saturated rings. The van der Waals surface area contributed by atoms with Crippen molar-refractivity contribution in [2.45, 2.75) is 38.2 Å². The van der Waals surface area contributed by atoms with Gasteiger partial charge in [-0.05, 0) is 43.2 Å². The van der Waals surface area contributed by atoms with E-state index in [9.17, 15) is 4.79 Å². The Balaban J connectivity index is 2.07. The Labute approximate surface area is 94.3 Å². The van der Waals surface area contributed by atoms with Crippen molar-refractivity contribution >= 4 is 17.1 Å². The molecule has 1 heterocycles. The van der Waals surface area contributed by atoms with Gasteiger partial charge < -0.3 is 4.74 Å². The molecule has 0 atom stereocenters. The maximum absolute atomic E-state index is 12.0. The lowest BCUT2D eigenvalue weighted by Gasteiger charge is -2.39. The average Bonchev–Trinajstić information content (AvgIpc) is 2.58. The molecule has 0 N–H and O–H groups in total. The first-order valence-corrected chi connectivity index (χ1v) is 6.17. The Morgan fingerprint density at radius 3 is 2.73 bits per heavy atom. The van der Waals surface area contributed by atoms with Gasteiger partial charge in [-0.25, -0.2) is 0 Å². The van der Waals surface area contributed by atoms with Crippen LogP contribution in [0.3, 0.4) is 0 Å². The molecule has 1 aromatic heterocycles. The van der Waals surface area contributed by atoms with Gasteiger partial charge in [0.2, 0.25) is 0 Å². The summed E-state index contributed by atoms with van der Waals surface area (Å²) in [5.41, 5.74) is 0.948. The maximum Gasteiger partial charge on any atom is 0.175 e. The first-order valence-electron chi connectivity index (χ1n) is 5.29. The van der Waals surface area contributed by atoms with Crippen LogP contribution in [0.1, 0.15) is 40.9 Å². The third kappa shape index (κ3) is 1.99. The number of ether oxygens (including phenoxy) is 1. The van der Waals surface area contributed by atoms with Gasteiger partial charge in [0, 0.05) is 13.5 Å². The van der Waals surface area contributed by atoms with Crippen molar-refractivity contribution in [3.63, 3.8) is 0 Å². The third-order valence-corrected chi connectivity index (χ3v) is 4.35. The Kier molecular flexibility index (Phi) is 2.94. The standard InChI is InChI=1S/C12H16O2S/c1-9-4-7-15-11(9)10(13)8-12(14-2)5-3-6-12/h4,7H,3,5-6,8H2,1-2H3. The molecule has 2 rings (SSSR count). The van der Waals surface area contributed by atoms with E-state index in [1.807, 2.05) is 18.4 Å². The molecule has 0 radical (unpaired) electrons. The minimum absolute atomic E-state index is 0.145.